The molecule has 2 heterocycles. The van der Waals surface area contributed by atoms with Gasteiger partial charge in [-0.15, -0.1) is 0 Å². The van der Waals surface area contributed by atoms with Crippen LogP contribution >= 0.6 is 11.8 Å². The Morgan fingerprint density at radius 2 is 1.90 bits per heavy atom. The molecule has 1 aromatic heterocycles. The maximum absolute atomic E-state index is 13.0. The Morgan fingerprint density at radius 1 is 1.19 bits per heavy atom. The van der Waals surface area contributed by atoms with Crippen molar-refractivity contribution < 1.29 is 17.6 Å². The third-order valence-corrected chi connectivity index (χ3v) is 7.61. The number of thioether (sulfide) groups is 1. The SMILES string of the molecule is CSCCC(NS(=O)(=O)c1ccc(C)cc1)C(=O)NCC(c1ccco1)N1CCCC1. The summed E-state index contributed by atoms with van der Waals surface area (Å²) in [4.78, 5) is 15.5. The highest BCUT2D eigenvalue weighted by molar-refractivity contribution is 7.98. The van der Waals surface area contributed by atoms with Crippen molar-refractivity contribution in [3.63, 3.8) is 0 Å². The molecule has 1 aliphatic heterocycles. The number of hydrogen-bond acceptors (Lipinski definition) is 6. The number of aryl methyl sites for hydroxylation is 1. The molecule has 1 fully saturated rings. The molecule has 1 saturated heterocycles. The van der Waals surface area contributed by atoms with Crippen molar-refractivity contribution in [2.75, 3.05) is 31.6 Å². The van der Waals surface area contributed by atoms with E-state index in [-0.39, 0.29) is 16.8 Å². The molecule has 0 spiro atoms. The molecule has 0 bridgehead atoms. The quantitative estimate of drug-likeness (QED) is 0.530. The molecule has 0 radical (unpaired) electrons. The third kappa shape index (κ3) is 6.58. The molecule has 3 rings (SSSR count). The molecule has 2 N–H and O–H groups in total. The van der Waals surface area contributed by atoms with Crippen LogP contribution in [-0.2, 0) is 14.8 Å². The van der Waals surface area contributed by atoms with Crippen molar-refractivity contribution in [1.82, 2.24) is 14.9 Å². The van der Waals surface area contributed by atoms with E-state index in [9.17, 15) is 13.2 Å². The number of nitrogens with zero attached hydrogens (tertiary/aromatic N) is 1. The Bertz CT molecular complexity index is 924. The van der Waals surface area contributed by atoms with Crippen molar-refractivity contribution in [3.05, 3.63) is 54.0 Å². The van der Waals surface area contributed by atoms with E-state index < -0.39 is 16.1 Å². The van der Waals surface area contributed by atoms with Gasteiger partial charge >= 0.3 is 0 Å². The molecule has 1 aliphatic rings. The summed E-state index contributed by atoms with van der Waals surface area (Å²) in [7, 11) is -3.80. The Labute approximate surface area is 189 Å². The largest absolute Gasteiger partial charge is 0.468 e. The fraction of sp³-hybridized carbons (Fsp3) is 0.500. The van der Waals surface area contributed by atoms with Crippen LogP contribution < -0.4 is 10.0 Å². The number of rotatable bonds is 11. The molecule has 2 aromatic rings. The van der Waals surface area contributed by atoms with Crippen LogP contribution in [0.3, 0.4) is 0 Å². The first-order chi connectivity index (χ1) is 14.9. The summed E-state index contributed by atoms with van der Waals surface area (Å²) >= 11 is 1.58. The van der Waals surface area contributed by atoms with Gasteiger partial charge in [0.15, 0.2) is 0 Å². The topological polar surface area (TPSA) is 91.6 Å². The highest BCUT2D eigenvalue weighted by atomic mass is 32.2. The minimum absolute atomic E-state index is 0.0589. The van der Waals surface area contributed by atoms with Crippen LogP contribution in [0, 0.1) is 6.92 Å². The zero-order valence-electron chi connectivity index (χ0n) is 18.0. The summed E-state index contributed by atoms with van der Waals surface area (Å²) in [6.45, 7) is 4.18. The molecular formula is C22H31N3O4S2. The highest BCUT2D eigenvalue weighted by Gasteiger charge is 2.29. The summed E-state index contributed by atoms with van der Waals surface area (Å²) in [6.07, 6.45) is 6.23. The van der Waals surface area contributed by atoms with E-state index in [4.69, 9.17) is 4.42 Å². The van der Waals surface area contributed by atoms with E-state index in [0.717, 1.165) is 37.3 Å². The number of hydrogen-bond donors (Lipinski definition) is 2. The lowest BCUT2D eigenvalue weighted by Crippen LogP contribution is -2.48. The second kappa shape index (κ2) is 11.2. The Morgan fingerprint density at radius 3 is 2.52 bits per heavy atom. The maximum Gasteiger partial charge on any atom is 0.241 e. The van der Waals surface area contributed by atoms with Crippen LogP contribution in [0.1, 0.15) is 36.6 Å². The summed E-state index contributed by atoms with van der Waals surface area (Å²) in [5.74, 6) is 1.16. The predicted octanol–water partition coefficient (Wildman–Crippen LogP) is 2.94. The van der Waals surface area contributed by atoms with Crippen LogP contribution in [0.15, 0.2) is 52.0 Å². The van der Waals surface area contributed by atoms with Crippen LogP contribution in [0.2, 0.25) is 0 Å². The minimum atomic E-state index is -3.80. The van der Waals surface area contributed by atoms with Gasteiger partial charge in [0.2, 0.25) is 15.9 Å². The zero-order valence-corrected chi connectivity index (χ0v) is 19.7. The molecule has 0 saturated carbocycles. The van der Waals surface area contributed by atoms with Crippen molar-refractivity contribution >= 4 is 27.7 Å². The normalized spacial score (nSPS) is 16.8. The van der Waals surface area contributed by atoms with Crippen molar-refractivity contribution in [3.8, 4) is 0 Å². The monoisotopic (exact) mass is 465 g/mol. The van der Waals surface area contributed by atoms with Gasteiger partial charge in [-0.1, -0.05) is 17.7 Å². The molecule has 7 nitrogen and oxygen atoms in total. The van der Waals surface area contributed by atoms with E-state index in [1.54, 1.807) is 42.3 Å². The first kappa shape index (κ1) is 23.8. The molecule has 1 amide bonds. The predicted molar refractivity (Wildman–Crippen MR) is 124 cm³/mol. The second-order valence-electron chi connectivity index (χ2n) is 7.79. The van der Waals surface area contributed by atoms with E-state index in [1.165, 1.54) is 0 Å². The summed E-state index contributed by atoms with van der Waals surface area (Å²) in [5.41, 5.74) is 0.974. The summed E-state index contributed by atoms with van der Waals surface area (Å²) in [6, 6.07) is 9.47. The van der Waals surface area contributed by atoms with Crippen LogP contribution in [-0.4, -0.2) is 56.9 Å². The van der Waals surface area contributed by atoms with Gasteiger partial charge in [-0.3, -0.25) is 9.69 Å². The number of carbonyl (C=O) groups excluding carboxylic acids is 1. The molecule has 31 heavy (non-hydrogen) atoms. The standard InChI is InChI=1S/C22H31N3O4S2/c1-17-7-9-18(10-8-17)31(27,28)24-19(11-15-30-2)22(26)23-16-20(21-6-5-14-29-21)25-12-3-4-13-25/h5-10,14,19-20,24H,3-4,11-13,15-16H2,1-2H3,(H,23,26). The Kier molecular flexibility index (Phi) is 8.59. The molecule has 0 aliphatic carbocycles. The van der Waals surface area contributed by atoms with E-state index in [1.807, 2.05) is 25.3 Å². The van der Waals surface area contributed by atoms with Gasteiger partial charge < -0.3 is 9.73 Å². The number of carbonyl (C=O) groups is 1. The summed E-state index contributed by atoms with van der Waals surface area (Å²) in [5, 5.41) is 2.96. The van der Waals surface area contributed by atoms with Crippen LogP contribution in [0.25, 0.3) is 0 Å². The third-order valence-electron chi connectivity index (χ3n) is 5.48. The van der Waals surface area contributed by atoms with Crippen molar-refractivity contribution in [1.29, 1.82) is 0 Å². The van der Waals surface area contributed by atoms with Gasteiger partial charge in [0, 0.05) is 6.54 Å². The number of likely N-dealkylation sites (tertiary alicyclic amines) is 1. The number of furan rings is 1. The van der Waals surface area contributed by atoms with Crippen molar-refractivity contribution in [2.24, 2.45) is 0 Å². The van der Waals surface area contributed by atoms with E-state index >= 15 is 0 Å². The number of nitrogens with one attached hydrogen (secondary N) is 2. The van der Waals surface area contributed by atoms with E-state index in [2.05, 4.69) is 14.9 Å². The summed E-state index contributed by atoms with van der Waals surface area (Å²) < 4.78 is 33.9. The van der Waals surface area contributed by atoms with Crippen molar-refractivity contribution in [2.45, 2.75) is 43.2 Å². The molecular weight excluding hydrogens is 434 g/mol. The van der Waals surface area contributed by atoms with Gasteiger partial charge in [-0.2, -0.15) is 16.5 Å². The van der Waals surface area contributed by atoms with E-state index in [0.29, 0.717) is 18.7 Å². The number of sulfonamides is 1. The Hall–Kier alpha value is -1.81. The molecule has 2 atom stereocenters. The smallest absolute Gasteiger partial charge is 0.241 e. The van der Waals surface area contributed by atoms with Crippen LogP contribution in [0.4, 0.5) is 0 Å². The second-order valence-corrected chi connectivity index (χ2v) is 10.5. The van der Waals surface area contributed by atoms with Gasteiger partial charge in [0.1, 0.15) is 11.8 Å². The average molecular weight is 466 g/mol. The maximum atomic E-state index is 13.0. The lowest BCUT2D eigenvalue weighted by molar-refractivity contribution is -0.123. The molecule has 170 valence electrons. The van der Waals surface area contributed by atoms with Gasteiger partial charge in [0.25, 0.3) is 0 Å². The highest BCUT2D eigenvalue weighted by Crippen LogP contribution is 2.25. The molecule has 2 unspecified atom stereocenters. The number of amides is 1. The first-order valence-corrected chi connectivity index (χ1v) is 13.4. The fourth-order valence-corrected chi connectivity index (χ4v) is 5.42. The number of benzene rings is 1. The van der Waals surface area contributed by atoms with Crippen LogP contribution in [0.5, 0.6) is 0 Å². The lowest BCUT2D eigenvalue weighted by atomic mass is 10.1. The van der Waals surface area contributed by atoms with Gasteiger partial charge in [-0.05, 0) is 75.5 Å². The fourth-order valence-electron chi connectivity index (χ4n) is 3.72. The van der Waals surface area contributed by atoms with Gasteiger partial charge in [-0.25, -0.2) is 8.42 Å². The first-order valence-electron chi connectivity index (χ1n) is 10.5. The van der Waals surface area contributed by atoms with Gasteiger partial charge in [0.05, 0.1) is 17.2 Å². The Balaban J connectivity index is 1.69. The lowest BCUT2D eigenvalue weighted by Gasteiger charge is -2.27. The molecule has 1 aromatic carbocycles. The average Bonchev–Trinajstić information content (AvgIpc) is 3.46. The molecule has 9 heteroatoms. The zero-order chi connectivity index (χ0) is 22.3. The minimum Gasteiger partial charge on any atom is -0.468 e.